The lowest BCUT2D eigenvalue weighted by Gasteiger charge is -2.37. The van der Waals surface area contributed by atoms with Crippen LogP contribution in [0.25, 0.3) is 0 Å². The fourth-order valence-electron chi connectivity index (χ4n) is 3.48. The zero-order valence-corrected chi connectivity index (χ0v) is 14.5. The molecule has 1 aromatic rings. The summed E-state index contributed by atoms with van der Waals surface area (Å²) < 4.78 is 5.05. The van der Waals surface area contributed by atoms with Crippen molar-refractivity contribution in [2.45, 2.75) is 39.2 Å². The third-order valence-corrected chi connectivity index (χ3v) is 4.98. The van der Waals surface area contributed by atoms with E-state index < -0.39 is 0 Å². The summed E-state index contributed by atoms with van der Waals surface area (Å²) in [4.78, 5) is 30.7. The molecule has 3 rings (SSSR count). The van der Waals surface area contributed by atoms with E-state index in [4.69, 9.17) is 4.52 Å². The average Bonchev–Trinajstić information content (AvgIpc) is 3.02. The van der Waals surface area contributed by atoms with Gasteiger partial charge in [0.2, 0.25) is 11.7 Å². The number of nitrogens with zero attached hydrogens (tertiary/aromatic N) is 4. The van der Waals surface area contributed by atoms with E-state index in [1.54, 1.807) is 17.9 Å². The number of amides is 2. The van der Waals surface area contributed by atoms with Crippen molar-refractivity contribution >= 4 is 11.8 Å². The van der Waals surface area contributed by atoms with E-state index in [1.165, 1.54) is 6.42 Å². The molecule has 1 aromatic heterocycles. The summed E-state index contributed by atoms with van der Waals surface area (Å²) in [6.07, 6.45) is 3.42. The first kappa shape index (κ1) is 17.0. The predicted octanol–water partition coefficient (Wildman–Crippen LogP) is 1.14. The zero-order valence-electron chi connectivity index (χ0n) is 14.5. The Morgan fingerprint density at radius 1 is 1.21 bits per heavy atom. The molecule has 132 valence electrons. The molecule has 7 nitrogen and oxygen atoms in total. The highest BCUT2D eigenvalue weighted by atomic mass is 16.5. The van der Waals surface area contributed by atoms with Gasteiger partial charge < -0.3 is 14.3 Å². The van der Waals surface area contributed by atoms with Gasteiger partial charge in [0.1, 0.15) is 0 Å². The van der Waals surface area contributed by atoms with Crippen LogP contribution in [0.2, 0.25) is 0 Å². The maximum Gasteiger partial charge on any atom is 0.292 e. The second kappa shape index (κ2) is 7.34. The molecule has 0 aliphatic carbocycles. The maximum absolute atomic E-state index is 12.5. The van der Waals surface area contributed by atoms with Gasteiger partial charge in [-0.05, 0) is 33.1 Å². The van der Waals surface area contributed by atoms with Gasteiger partial charge in [-0.1, -0.05) is 5.16 Å². The average molecular weight is 334 g/mol. The molecule has 0 spiro atoms. The number of hydrogen-bond acceptors (Lipinski definition) is 5. The van der Waals surface area contributed by atoms with Crippen LogP contribution in [-0.4, -0.2) is 77.0 Å². The van der Waals surface area contributed by atoms with Gasteiger partial charge in [0.15, 0.2) is 0 Å². The van der Waals surface area contributed by atoms with Crippen LogP contribution in [0.15, 0.2) is 10.6 Å². The lowest BCUT2D eigenvalue weighted by molar-refractivity contribution is -0.136. The molecule has 2 saturated heterocycles. The molecule has 0 saturated carbocycles. The van der Waals surface area contributed by atoms with E-state index in [-0.39, 0.29) is 11.8 Å². The molecule has 1 unspecified atom stereocenters. The molecule has 24 heavy (non-hydrogen) atoms. The van der Waals surface area contributed by atoms with Gasteiger partial charge in [-0.3, -0.25) is 14.5 Å². The highest BCUT2D eigenvalue weighted by Gasteiger charge is 2.28. The van der Waals surface area contributed by atoms with Gasteiger partial charge in [0, 0.05) is 44.8 Å². The molecule has 7 heteroatoms. The van der Waals surface area contributed by atoms with Gasteiger partial charge in [0.05, 0.1) is 12.2 Å². The van der Waals surface area contributed by atoms with Crippen molar-refractivity contribution in [2.24, 2.45) is 0 Å². The molecule has 0 radical (unpaired) electrons. The first-order valence-corrected chi connectivity index (χ1v) is 8.79. The fraction of sp³-hybridized carbons (Fsp3) is 0.706. The van der Waals surface area contributed by atoms with Crippen molar-refractivity contribution in [2.75, 3.05) is 39.3 Å². The summed E-state index contributed by atoms with van der Waals surface area (Å²) >= 11 is 0. The quantitative estimate of drug-likeness (QED) is 0.829. The van der Waals surface area contributed by atoms with Crippen molar-refractivity contribution in [1.82, 2.24) is 19.9 Å². The summed E-state index contributed by atoms with van der Waals surface area (Å²) in [6, 6.07) is 2.01. The summed E-state index contributed by atoms with van der Waals surface area (Å²) in [5.74, 6) is 0.387. The maximum atomic E-state index is 12.5. The van der Waals surface area contributed by atoms with Crippen LogP contribution >= 0.6 is 0 Å². The highest BCUT2D eigenvalue weighted by molar-refractivity contribution is 5.91. The Labute approximate surface area is 142 Å². The molecule has 2 aliphatic rings. The molecular weight excluding hydrogens is 308 g/mol. The Kier molecular flexibility index (Phi) is 5.18. The molecule has 2 amide bonds. The Bertz CT molecular complexity index is 592. The fourth-order valence-corrected chi connectivity index (χ4v) is 3.48. The second-order valence-corrected chi connectivity index (χ2v) is 6.83. The molecule has 2 aliphatic heterocycles. The number of likely N-dealkylation sites (tertiary alicyclic amines) is 1. The van der Waals surface area contributed by atoms with Crippen molar-refractivity contribution in [3.8, 4) is 0 Å². The van der Waals surface area contributed by atoms with Crippen LogP contribution in [0.3, 0.4) is 0 Å². The largest absolute Gasteiger partial charge is 0.351 e. The monoisotopic (exact) mass is 334 g/mol. The number of piperidine rings is 1. The van der Waals surface area contributed by atoms with Crippen molar-refractivity contribution in [3.63, 3.8) is 0 Å². The van der Waals surface area contributed by atoms with Gasteiger partial charge in [-0.2, -0.15) is 0 Å². The SMILES string of the molecule is Cc1cc(C(=O)N2CCN(CC(=O)N3CCCCC3C)CC2)on1. The highest BCUT2D eigenvalue weighted by Crippen LogP contribution is 2.17. The Morgan fingerprint density at radius 2 is 1.96 bits per heavy atom. The first-order valence-electron chi connectivity index (χ1n) is 8.79. The summed E-state index contributed by atoms with van der Waals surface area (Å²) in [7, 11) is 0. The van der Waals surface area contributed by atoms with Crippen LogP contribution in [0, 0.1) is 6.92 Å². The van der Waals surface area contributed by atoms with E-state index in [0.29, 0.717) is 50.2 Å². The number of aromatic nitrogens is 1. The van der Waals surface area contributed by atoms with Gasteiger partial charge in [0.25, 0.3) is 5.91 Å². The number of carbonyl (C=O) groups is 2. The standard InChI is InChI=1S/C17H26N4O3/c1-13-11-15(24-18-13)17(23)20-9-7-19(8-10-20)12-16(22)21-6-4-3-5-14(21)2/h11,14H,3-10,12H2,1-2H3. The molecule has 0 bridgehead atoms. The van der Waals surface area contributed by atoms with Crippen LogP contribution in [-0.2, 0) is 4.79 Å². The minimum Gasteiger partial charge on any atom is -0.351 e. The summed E-state index contributed by atoms with van der Waals surface area (Å²) in [5.41, 5.74) is 0.707. The van der Waals surface area contributed by atoms with Crippen molar-refractivity contribution in [1.29, 1.82) is 0 Å². The second-order valence-electron chi connectivity index (χ2n) is 6.83. The Balaban J connectivity index is 1.48. The molecule has 1 atom stereocenters. The zero-order chi connectivity index (χ0) is 17.1. The number of carbonyl (C=O) groups excluding carboxylic acids is 2. The lowest BCUT2D eigenvalue weighted by Crippen LogP contribution is -2.53. The van der Waals surface area contributed by atoms with E-state index in [1.807, 2.05) is 4.90 Å². The lowest BCUT2D eigenvalue weighted by atomic mass is 10.0. The van der Waals surface area contributed by atoms with Gasteiger partial charge in [-0.25, -0.2) is 0 Å². The van der Waals surface area contributed by atoms with Gasteiger partial charge in [-0.15, -0.1) is 0 Å². The molecule has 2 fully saturated rings. The smallest absolute Gasteiger partial charge is 0.292 e. The predicted molar refractivity (Wildman–Crippen MR) is 88.6 cm³/mol. The Hall–Kier alpha value is -1.89. The third-order valence-electron chi connectivity index (χ3n) is 4.98. The van der Waals surface area contributed by atoms with E-state index >= 15 is 0 Å². The van der Waals surface area contributed by atoms with Gasteiger partial charge >= 0.3 is 0 Å². The summed E-state index contributed by atoms with van der Waals surface area (Å²) in [5, 5.41) is 3.76. The number of rotatable bonds is 3. The van der Waals surface area contributed by atoms with Crippen molar-refractivity contribution < 1.29 is 14.1 Å². The van der Waals surface area contributed by atoms with Crippen LogP contribution in [0.5, 0.6) is 0 Å². The number of hydrogen-bond donors (Lipinski definition) is 0. The van der Waals surface area contributed by atoms with E-state index in [2.05, 4.69) is 17.0 Å². The first-order chi connectivity index (χ1) is 11.5. The van der Waals surface area contributed by atoms with Crippen LogP contribution < -0.4 is 0 Å². The van der Waals surface area contributed by atoms with E-state index in [9.17, 15) is 9.59 Å². The summed E-state index contributed by atoms with van der Waals surface area (Å²) in [6.45, 7) is 7.91. The number of aryl methyl sites for hydroxylation is 1. The molecule has 0 N–H and O–H groups in total. The molecule has 0 aromatic carbocycles. The van der Waals surface area contributed by atoms with Crippen LogP contribution in [0.4, 0.5) is 0 Å². The molecular formula is C17H26N4O3. The Morgan fingerprint density at radius 3 is 2.58 bits per heavy atom. The number of piperazine rings is 1. The third kappa shape index (κ3) is 3.77. The minimum absolute atomic E-state index is 0.119. The van der Waals surface area contributed by atoms with Crippen molar-refractivity contribution in [3.05, 3.63) is 17.5 Å². The minimum atomic E-state index is -0.119. The van der Waals surface area contributed by atoms with E-state index in [0.717, 1.165) is 19.4 Å². The molecule has 3 heterocycles. The normalized spacial score (nSPS) is 22.7. The topological polar surface area (TPSA) is 69.9 Å². The van der Waals surface area contributed by atoms with Crippen LogP contribution in [0.1, 0.15) is 42.4 Å².